The van der Waals surface area contributed by atoms with Gasteiger partial charge in [0.25, 0.3) is 0 Å². The molecule has 1 rings (SSSR count). The number of carbonyl (C=O) groups is 1. The van der Waals surface area contributed by atoms with Crippen LogP contribution in [0, 0.1) is 5.92 Å². The van der Waals surface area contributed by atoms with E-state index in [2.05, 4.69) is 0 Å². The van der Waals surface area contributed by atoms with E-state index in [0.717, 1.165) is 10.6 Å². The molecule has 0 aromatic heterocycles. The van der Waals surface area contributed by atoms with Gasteiger partial charge in [0.2, 0.25) is 10.0 Å². The molecule has 0 unspecified atom stereocenters. The Labute approximate surface area is 94.0 Å². The lowest BCUT2D eigenvalue weighted by Crippen LogP contribution is -2.53. The lowest BCUT2D eigenvalue weighted by Gasteiger charge is -2.35. The highest BCUT2D eigenvalue weighted by Crippen LogP contribution is 2.19. The number of carboxylic acid groups (broad SMARTS) is 1. The zero-order valence-electron chi connectivity index (χ0n) is 8.66. The second-order valence-electron chi connectivity index (χ2n) is 3.80. The fourth-order valence-electron chi connectivity index (χ4n) is 1.21. The summed E-state index contributed by atoms with van der Waals surface area (Å²) in [4.78, 5) is 10.5. The largest absolute Gasteiger partial charge is 0.481 e. The predicted molar refractivity (Wildman–Crippen MR) is 56.2 cm³/mol. The summed E-state index contributed by atoms with van der Waals surface area (Å²) in [6.45, 7) is -0.136. The van der Waals surface area contributed by atoms with Crippen LogP contribution in [0.1, 0.15) is 0 Å². The number of sulfonamides is 1. The normalized spacial score (nSPS) is 19.3. The molecule has 0 atom stereocenters. The standard InChI is InChI=1S/C7H13NO6S2/c1-15(11,12)2-3-16(13,14)8-4-6(5-8)7(9)10/h6H,2-5H2,1H3,(H,9,10). The zero-order chi connectivity index (χ0) is 12.6. The van der Waals surface area contributed by atoms with Gasteiger partial charge >= 0.3 is 5.97 Å². The number of hydrogen-bond donors (Lipinski definition) is 1. The molecule has 1 saturated heterocycles. The highest BCUT2D eigenvalue weighted by molar-refractivity contribution is 7.93. The maximum Gasteiger partial charge on any atom is 0.309 e. The van der Waals surface area contributed by atoms with Crippen LogP contribution in [0.4, 0.5) is 0 Å². The van der Waals surface area contributed by atoms with Crippen molar-refractivity contribution in [1.82, 2.24) is 4.31 Å². The Morgan fingerprint density at radius 2 is 1.75 bits per heavy atom. The second-order valence-corrected chi connectivity index (χ2v) is 8.15. The molecule has 94 valence electrons. The summed E-state index contributed by atoms with van der Waals surface area (Å²) in [5, 5.41) is 8.56. The Kier molecular flexibility index (Phi) is 3.60. The third-order valence-corrected chi connectivity index (χ3v) is 5.31. The van der Waals surface area contributed by atoms with Crippen molar-refractivity contribution in [2.75, 3.05) is 30.9 Å². The van der Waals surface area contributed by atoms with Gasteiger partial charge in [-0.3, -0.25) is 4.79 Å². The Bertz CT molecular complexity index is 473. The van der Waals surface area contributed by atoms with E-state index >= 15 is 0 Å². The van der Waals surface area contributed by atoms with E-state index in [1.54, 1.807) is 0 Å². The van der Waals surface area contributed by atoms with Crippen molar-refractivity contribution in [3.05, 3.63) is 0 Å². The molecule has 0 saturated carbocycles. The first-order valence-corrected chi connectivity index (χ1v) is 8.17. The smallest absolute Gasteiger partial charge is 0.309 e. The van der Waals surface area contributed by atoms with Crippen molar-refractivity contribution >= 4 is 25.8 Å². The molecule has 1 aliphatic heterocycles. The quantitative estimate of drug-likeness (QED) is 0.643. The van der Waals surface area contributed by atoms with Crippen molar-refractivity contribution < 1.29 is 26.7 Å². The minimum Gasteiger partial charge on any atom is -0.481 e. The van der Waals surface area contributed by atoms with Gasteiger partial charge in [-0.05, 0) is 0 Å². The Hall–Kier alpha value is -0.670. The molecule has 0 aromatic carbocycles. The third kappa shape index (κ3) is 3.42. The number of sulfone groups is 1. The van der Waals surface area contributed by atoms with Gasteiger partial charge in [-0.1, -0.05) is 0 Å². The van der Waals surface area contributed by atoms with Crippen LogP contribution in [-0.4, -0.2) is 63.1 Å². The molecule has 9 heteroatoms. The third-order valence-electron chi connectivity index (χ3n) is 2.30. The van der Waals surface area contributed by atoms with Crippen LogP contribution < -0.4 is 0 Å². The first kappa shape index (κ1) is 13.4. The molecular weight excluding hydrogens is 258 g/mol. The lowest BCUT2D eigenvalue weighted by atomic mass is 10.0. The molecule has 0 spiro atoms. The van der Waals surface area contributed by atoms with E-state index in [4.69, 9.17) is 5.11 Å². The van der Waals surface area contributed by atoms with E-state index in [-0.39, 0.29) is 13.1 Å². The summed E-state index contributed by atoms with van der Waals surface area (Å²) < 4.78 is 45.6. The summed E-state index contributed by atoms with van der Waals surface area (Å²) in [5.41, 5.74) is 0. The van der Waals surface area contributed by atoms with Gasteiger partial charge < -0.3 is 5.11 Å². The van der Waals surface area contributed by atoms with E-state index in [0.29, 0.717) is 0 Å². The van der Waals surface area contributed by atoms with Crippen LogP contribution in [0.2, 0.25) is 0 Å². The molecule has 7 nitrogen and oxygen atoms in total. The molecule has 0 amide bonds. The van der Waals surface area contributed by atoms with Gasteiger partial charge in [0.05, 0.1) is 17.4 Å². The Morgan fingerprint density at radius 1 is 1.25 bits per heavy atom. The molecule has 1 fully saturated rings. The fraction of sp³-hybridized carbons (Fsp3) is 0.857. The van der Waals surface area contributed by atoms with Crippen LogP contribution in [0.3, 0.4) is 0 Å². The topological polar surface area (TPSA) is 109 Å². The summed E-state index contributed by atoms with van der Waals surface area (Å²) in [6, 6.07) is 0. The SMILES string of the molecule is CS(=O)(=O)CCS(=O)(=O)N1CC(C(=O)O)C1. The maximum atomic E-state index is 11.5. The minimum absolute atomic E-state index is 0.0680. The highest BCUT2D eigenvalue weighted by Gasteiger charge is 2.39. The molecule has 1 aliphatic rings. The molecule has 1 N–H and O–H groups in total. The first-order chi connectivity index (χ1) is 7.12. The summed E-state index contributed by atoms with van der Waals surface area (Å²) in [5.74, 6) is -2.63. The highest BCUT2D eigenvalue weighted by atomic mass is 32.2. The molecule has 0 bridgehead atoms. The molecular formula is C7H13NO6S2. The lowest BCUT2D eigenvalue weighted by molar-refractivity contribution is -0.145. The van der Waals surface area contributed by atoms with Crippen LogP contribution in [0.5, 0.6) is 0 Å². The number of aliphatic carboxylic acids is 1. The van der Waals surface area contributed by atoms with Gasteiger partial charge in [-0.25, -0.2) is 21.1 Å². The van der Waals surface area contributed by atoms with Crippen molar-refractivity contribution in [3.8, 4) is 0 Å². The van der Waals surface area contributed by atoms with Crippen LogP contribution in [-0.2, 0) is 24.7 Å². The Morgan fingerprint density at radius 3 is 2.12 bits per heavy atom. The van der Waals surface area contributed by atoms with Crippen LogP contribution in [0.15, 0.2) is 0 Å². The van der Waals surface area contributed by atoms with Gasteiger partial charge in [0, 0.05) is 19.3 Å². The average molecular weight is 271 g/mol. The van der Waals surface area contributed by atoms with Crippen LogP contribution >= 0.6 is 0 Å². The predicted octanol–water partition coefficient (Wildman–Crippen LogP) is -1.62. The second kappa shape index (κ2) is 4.30. The molecule has 0 radical (unpaired) electrons. The van der Waals surface area contributed by atoms with Crippen molar-refractivity contribution in [1.29, 1.82) is 0 Å². The van der Waals surface area contributed by atoms with Gasteiger partial charge in [0.1, 0.15) is 9.84 Å². The monoisotopic (exact) mass is 271 g/mol. The summed E-state index contributed by atoms with van der Waals surface area (Å²) in [7, 11) is -6.96. The average Bonchev–Trinajstić information content (AvgIpc) is 1.95. The van der Waals surface area contributed by atoms with Gasteiger partial charge in [0.15, 0.2) is 0 Å². The van der Waals surface area contributed by atoms with Gasteiger partial charge in [-0.2, -0.15) is 0 Å². The number of rotatable bonds is 5. The fourth-order valence-corrected chi connectivity index (χ4v) is 4.33. The molecule has 0 aromatic rings. The molecule has 0 aliphatic carbocycles. The number of carboxylic acids is 1. The molecule has 16 heavy (non-hydrogen) atoms. The van der Waals surface area contributed by atoms with Crippen molar-refractivity contribution in [2.24, 2.45) is 5.92 Å². The number of hydrogen-bond acceptors (Lipinski definition) is 5. The van der Waals surface area contributed by atoms with E-state index in [9.17, 15) is 21.6 Å². The number of nitrogens with zero attached hydrogens (tertiary/aromatic N) is 1. The van der Waals surface area contributed by atoms with Crippen molar-refractivity contribution in [2.45, 2.75) is 0 Å². The van der Waals surface area contributed by atoms with E-state index < -0.39 is 43.3 Å². The van der Waals surface area contributed by atoms with Crippen LogP contribution in [0.25, 0.3) is 0 Å². The summed E-state index contributed by atoms with van der Waals surface area (Å²) >= 11 is 0. The van der Waals surface area contributed by atoms with E-state index in [1.807, 2.05) is 0 Å². The first-order valence-electron chi connectivity index (χ1n) is 4.50. The minimum atomic E-state index is -3.63. The maximum absolute atomic E-state index is 11.5. The van der Waals surface area contributed by atoms with Crippen molar-refractivity contribution in [3.63, 3.8) is 0 Å². The Balaban J connectivity index is 2.52. The van der Waals surface area contributed by atoms with Gasteiger partial charge in [-0.15, -0.1) is 0 Å². The summed E-state index contributed by atoms with van der Waals surface area (Å²) in [6.07, 6.45) is 0.957. The zero-order valence-corrected chi connectivity index (χ0v) is 10.3. The molecule has 1 heterocycles. The van der Waals surface area contributed by atoms with E-state index in [1.165, 1.54) is 0 Å².